The standard InChI is InChI=1S/C21H20ClN3O6S/c22-20-7-5-17(12-23-20)32(27,28)25(13-16-3-1-8-29-16)14-21(26)24-15-4-6-18-19(11-15)31-10-2-9-30-18/h1,3-8,11-12H,2,9-10,13-14H2,(H,24,26). The van der Waals surface area contributed by atoms with Crippen LogP contribution in [0.2, 0.25) is 5.15 Å². The summed E-state index contributed by atoms with van der Waals surface area (Å²) < 4.78 is 43.9. The summed E-state index contributed by atoms with van der Waals surface area (Å²) in [5.74, 6) is 0.973. The number of amides is 1. The minimum atomic E-state index is -4.05. The number of aromatic nitrogens is 1. The largest absolute Gasteiger partial charge is 0.490 e. The molecule has 9 nitrogen and oxygen atoms in total. The van der Waals surface area contributed by atoms with E-state index in [0.29, 0.717) is 36.2 Å². The molecule has 168 valence electrons. The molecule has 11 heteroatoms. The highest BCUT2D eigenvalue weighted by molar-refractivity contribution is 7.89. The van der Waals surface area contributed by atoms with Crippen LogP contribution in [0.1, 0.15) is 12.2 Å². The van der Waals surface area contributed by atoms with Gasteiger partial charge in [0.1, 0.15) is 15.8 Å². The molecule has 0 atom stereocenters. The first-order valence-corrected chi connectivity index (χ1v) is 11.6. The number of nitrogens with one attached hydrogen (secondary N) is 1. The van der Waals surface area contributed by atoms with E-state index in [1.165, 1.54) is 18.4 Å². The summed E-state index contributed by atoms with van der Waals surface area (Å²) in [5, 5.41) is 2.87. The maximum atomic E-state index is 13.2. The predicted molar refractivity (Wildman–Crippen MR) is 116 cm³/mol. The minimum absolute atomic E-state index is 0.0863. The van der Waals surface area contributed by atoms with Crippen LogP contribution >= 0.6 is 11.6 Å². The number of hydrogen-bond donors (Lipinski definition) is 1. The van der Waals surface area contributed by atoms with Gasteiger partial charge >= 0.3 is 0 Å². The van der Waals surface area contributed by atoms with E-state index in [1.54, 1.807) is 30.3 Å². The fourth-order valence-electron chi connectivity index (χ4n) is 3.07. The van der Waals surface area contributed by atoms with Crippen molar-refractivity contribution >= 4 is 33.2 Å². The molecular formula is C21H20ClN3O6S. The van der Waals surface area contributed by atoms with Gasteiger partial charge in [-0.1, -0.05) is 11.6 Å². The lowest BCUT2D eigenvalue weighted by Gasteiger charge is -2.21. The minimum Gasteiger partial charge on any atom is -0.490 e. The molecule has 1 amide bonds. The number of hydrogen-bond acceptors (Lipinski definition) is 7. The van der Waals surface area contributed by atoms with E-state index in [9.17, 15) is 13.2 Å². The van der Waals surface area contributed by atoms with Crippen molar-refractivity contribution in [2.45, 2.75) is 17.9 Å². The molecule has 0 aliphatic carbocycles. The second-order valence-electron chi connectivity index (χ2n) is 6.93. The second kappa shape index (κ2) is 9.60. The lowest BCUT2D eigenvalue weighted by molar-refractivity contribution is -0.116. The van der Waals surface area contributed by atoms with Gasteiger partial charge in [0.25, 0.3) is 0 Å². The Bertz CT molecular complexity index is 1180. The molecule has 0 unspecified atom stereocenters. The van der Waals surface area contributed by atoms with Crippen LogP contribution in [0.25, 0.3) is 0 Å². The number of ether oxygens (including phenoxy) is 2. The van der Waals surface area contributed by atoms with E-state index in [-0.39, 0.29) is 16.6 Å². The van der Waals surface area contributed by atoms with Crippen molar-refractivity contribution in [3.63, 3.8) is 0 Å². The Morgan fingerprint density at radius 3 is 2.66 bits per heavy atom. The van der Waals surface area contributed by atoms with Crippen LogP contribution in [-0.4, -0.2) is 43.4 Å². The van der Waals surface area contributed by atoms with E-state index < -0.39 is 22.5 Å². The van der Waals surface area contributed by atoms with Crippen LogP contribution in [0.4, 0.5) is 5.69 Å². The summed E-state index contributed by atoms with van der Waals surface area (Å²) in [5.41, 5.74) is 0.461. The zero-order valence-corrected chi connectivity index (χ0v) is 18.4. The fraction of sp³-hybridized carbons (Fsp3) is 0.238. The average molecular weight is 478 g/mol. The van der Waals surface area contributed by atoms with Crippen LogP contribution in [-0.2, 0) is 21.4 Å². The number of sulfonamides is 1. The second-order valence-corrected chi connectivity index (χ2v) is 9.25. The van der Waals surface area contributed by atoms with Crippen molar-refractivity contribution in [1.29, 1.82) is 0 Å². The van der Waals surface area contributed by atoms with Crippen LogP contribution in [0.3, 0.4) is 0 Å². The van der Waals surface area contributed by atoms with Crippen molar-refractivity contribution in [3.8, 4) is 11.5 Å². The Morgan fingerprint density at radius 1 is 1.12 bits per heavy atom. The van der Waals surface area contributed by atoms with Gasteiger partial charge in [-0.2, -0.15) is 4.31 Å². The summed E-state index contributed by atoms with van der Waals surface area (Å²) in [6.45, 7) is 0.485. The van der Waals surface area contributed by atoms with E-state index >= 15 is 0 Å². The van der Waals surface area contributed by atoms with Crippen molar-refractivity contribution < 1.29 is 27.1 Å². The lowest BCUT2D eigenvalue weighted by Crippen LogP contribution is -2.37. The van der Waals surface area contributed by atoms with E-state index in [2.05, 4.69) is 10.3 Å². The van der Waals surface area contributed by atoms with Crippen molar-refractivity contribution in [2.24, 2.45) is 0 Å². The maximum absolute atomic E-state index is 13.2. The summed E-state index contributed by atoms with van der Waals surface area (Å²) in [7, 11) is -4.05. The number of carbonyl (C=O) groups is 1. The summed E-state index contributed by atoms with van der Waals surface area (Å²) >= 11 is 5.77. The van der Waals surface area contributed by atoms with Crippen LogP contribution < -0.4 is 14.8 Å². The lowest BCUT2D eigenvalue weighted by atomic mass is 10.2. The first-order chi connectivity index (χ1) is 15.4. The first-order valence-electron chi connectivity index (χ1n) is 9.75. The number of halogens is 1. The Balaban J connectivity index is 1.53. The van der Waals surface area contributed by atoms with E-state index in [0.717, 1.165) is 16.9 Å². The Morgan fingerprint density at radius 2 is 1.94 bits per heavy atom. The van der Waals surface area contributed by atoms with Crippen LogP contribution in [0, 0.1) is 0 Å². The molecule has 1 aliphatic rings. The zero-order chi connectivity index (χ0) is 22.6. The zero-order valence-electron chi connectivity index (χ0n) is 16.9. The topological polar surface area (TPSA) is 111 Å². The average Bonchev–Trinajstić information content (AvgIpc) is 3.17. The van der Waals surface area contributed by atoms with Gasteiger partial charge in [-0.15, -0.1) is 0 Å². The van der Waals surface area contributed by atoms with Crippen LogP contribution in [0.15, 0.2) is 64.2 Å². The van der Waals surface area contributed by atoms with E-state index in [1.807, 2.05) is 0 Å². The van der Waals surface area contributed by atoms with Gasteiger partial charge in [0, 0.05) is 24.4 Å². The highest BCUT2D eigenvalue weighted by Crippen LogP contribution is 2.32. The molecule has 2 aromatic heterocycles. The summed E-state index contributed by atoms with van der Waals surface area (Å²) in [6, 6.07) is 11.0. The fourth-order valence-corrected chi connectivity index (χ4v) is 4.49. The highest BCUT2D eigenvalue weighted by Gasteiger charge is 2.28. The number of carbonyl (C=O) groups excluding carboxylic acids is 1. The molecule has 3 heterocycles. The molecular weight excluding hydrogens is 458 g/mol. The Hall–Kier alpha value is -3.08. The summed E-state index contributed by atoms with van der Waals surface area (Å²) in [6.07, 6.45) is 3.34. The predicted octanol–water partition coefficient (Wildman–Crippen LogP) is 3.32. The van der Waals surface area contributed by atoms with Gasteiger partial charge in [0.15, 0.2) is 11.5 Å². The van der Waals surface area contributed by atoms with Crippen molar-refractivity contribution in [1.82, 2.24) is 9.29 Å². The SMILES string of the molecule is O=C(CN(Cc1ccco1)S(=O)(=O)c1ccc(Cl)nc1)Nc1ccc2c(c1)OCCCO2. The molecule has 32 heavy (non-hydrogen) atoms. The van der Waals surface area contributed by atoms with Gasteiger partial charge in [0.05, 0.1) is 32.6 Å². The quantitative estimate of drug-likeness (QED) is 0.519. The third kappa shape index (κ3) is 5.21. The molecule has 0 fully saturated rings. The third-order valence-electron chi connectivity index (χ3n) is 4.60. The number of rotatable bonds is 7. The molecule has 0 radical (unpaired) electrons. The molecule has 1 aromatic carbocycles. The smallest absolute Gasteiger partial charge is 0.245 e. The molecule has 1 N–H and O–H groups in total. The molecule has 0 bridgehead atoms. The number of nitrogens with zero attached hydrogens (tertiary/aromatic N) is 2. The Kier molecular flexibility index (Phi) is 6.63. The molecule has 3 aromatic rings. The molecule has 0 saturated heterocycles. The first kappa shape index (κ1) is 22.1. The number of pyridine rings is 1. The summed E-state index contributed by atoms with van der Waals surface area (Å²) in [4.78, 5) is 16.5. The van der Waals surface area contributed by atoms with Crippen molar-refractivity contribution in [2.75, 3.05) is 25.1 Å². The van der Waals surface area contributed by atoms with Crippen molar-refractivity contribution in [3.05, 3.63) is 65.8 Å². The monoisotopic (exact) mass is 477 g/mol. The van der Waals surface area contributed by atoms with Crippen LogP contribution in [0.5, 0.6) is 11.5 Å². The molecule has 4 rings (SSSR count). The molecule has 1 aliphatic heterocycles. The number of furan rings is 1. The molecule has 0 saturated carbocycles. The van der Waals surface area contributed by atoms with Gasteiger partial charge in [-0.25, -0.2) is 13.4 Å². The van der Waals surface area contributed by atoms with Gasteiger partial charge in [0.2, 0.25) is 15.9 Å². The molecule has 0 spiro atoms. The maximum Gasteiger partial charge on any atom is 0.245 e. The normalized spacial score (nSPS) is 13.6. The van der Waals surface area contributed by atoms with E-state index in [4.69, 9.17) is 25.5 Å². The number of anilines is 1. The van der Waals surface area contributed by atoms with Gasteiger partial charge in [-0.05, 0) is 36.4 Å². The Labute approximate surface area is 190 Å². The van der Waals surface area contributed by atoms with Gasteiger partial charge in [-0.3, -0.25) is 4.79 Å². The third-order valence-corrected chi connectivity index (χ3v) is 6.60. The highest BCUT2D eigenvalue weighted by atomic mass is 35.5. The number of benzene rings is 1. The van der Waals surface area contributed by atoms with Gasteiger partial charge < -0.3 is 19.2 Å². The number of fused-ring (bicyclic) bond motifs is 1.